The topological polar surface area (TPSA) is 63.7 Å². The maximum Gasteiger partial charge on any atom is 0.411 e. The molecule has 1 saturated heterocycles. The van der Waals surface area contributed by atoms with E-state index in [1.165, 1.54) is 11.8 Å². The van der Waals surface area contributed by atoms with E-state index in [2.05, 4.69) is 0 Å². The summed E-state index contributed by atoms with van der Waals surface area (Å²) in [5.74, 6) is -0.360. The van der Waals surface area contributed by atoms with Crippen molar-refractivity contribution in [3.8, 4) is 0 Å². The summed E-state index contributed by atoms with van der Waals surface area (Å²) < 4.78 is 5.31. The fourth-order valence-electron chi connectivity index (χ4n) is 2.89. The first kappa shape index (κ1) is 13.1. The van der Waals surface area contributed by atoms with Crippen molar-refractivity contribution in [2.45, 2.75) is 58.2 Å². The third-order valence-electron chi connectivity index (χ3n) is 3.47. The first-order chi connectivity index (χ1) is 8.20. The Morgan fingerprint density at radius 2 is 1.94 bits per heavy atom. The number of fused-ring (bicyclic) bond motifs is 2. The minimum atomic E-state index is -0.619. The van der Waals surface area contributed by atoms with Gasteiger partial charge in [0.05, 0.1) is 0 Å². The van der Waals surface area contributed by atoms with Gasteiger partial charge < -0.3 is 4.74 Å². The van der Waals surface area contributed by atoms with Gasteiger partial charge in [0.25, 0.3) is 0 Å². The Kier molecular flexibility index (Phi) is 2.95. The monoisotopic (exact) mass is 253 g/mol. The number of nitrogens with zero attached hydrogens (tertiary/aromatic N) is 1. The third kappa shape index (κ3) is 2.13. The number of likely N-dealkylation sites (tertiary alicyclic amines) is 1. The van der Waals surface area contributed by atoms with E-state index >= 15 is 0 Å². The second-order valence-corrected chi connectivity index (χ2v) is 6.11. The highest BCUT2D eigenvalue weighted by atomic mass is 16.6. The molecule has 2 bridgehead atoms. The van der Waals surface area contributed by atoms with Crippen LogP contribution in [0.5, 0.6) is 0 Å². The van der Waals surface area contributed by atoms with E-state index < -0.39 is 17.7 Å². The number of ether oxygens (including phenoxy) is 1. The van der Waals surface area contributed by atoms with Gasteiger partial charge in [0.15, 0.2) is 5.78 Å². The summed E-state index contributed by atoms with van der Waals surface area (Å²) in [6.45, 7) is 6.78. The quantitative estimate of drug-likeness (QED) is 0.711. The maximum absolute atomic E-state index is 12.1. The number of rotatable bonds is 1. The van der Waals surface area contributed by atoms with E-state index in [0.717, 1.165) is 0 Å². The summed E-state index contributed by atoms with van der Waals surface area (Å²) in [5, 5.41) is 0. The lowest BCUT2D eigenvalue weighted by atomic mass is 9.95. The van der Waals surface area contributed by atoms with Crippen molar-refractivity contribution in [3.05, 3.63) is 0 Å². The molecule has 0 spiro atoms. The Morgan fingerprint density at radius 3 is 2.44 bits per heavy atom. The highest BCUT2D eigenvalue weighted by Gasteiger charge is 2.55. The summed E-state index contributed by atoms with van der Waals surface area (Å²) in [7, 11) is 0. The normalized spacial score (nSPS) is 30.8. The number of amides is 1. The first-order valence-electron chi connectivity index (χ1n) is 6.25. The van der Waals surface area contributed by atoms with Crippen LogP contribution in [0.2, 0.25) is 0 Å². The molecule has 0 aromatic carbocycles. The zero-order chi connectivity index (χ0) is 13.7. The van der Waals surface area contributed by atoms with Gasteiger partial charge in [-0.25, -0.2) is 4.79 Å². The van der Waals surface area contributed by atoms with E-state index in [1.807, 2.05) is 0 Å². The molecular formula is C13H19NO4. The molecule has 0 N–H and O–H groups in total. The molecule has 1 aliphatic heterocycles. The Labute approximate surface area is 106 Å². The molecule has 18 heavy (non-hydrogen) atoms. The van der Waals surface area contributed by atoms with Crippen molar-refractivity contribution in [2.24, 2.45) is 5.92 Å². The molecule has 0 unspecified atom stereocenters. The zero-order valence-corrected chi connectivity index (χ0v) is 11.2. The number of piperidine rings is 1. The number of ketones is 2. The van der Waals surface area contributed by atoms with Crippen molar-refractivity contribution in [1.82, 2.24) is 4.90 Å². The molecule has 0 radical (unpaired) electrons. The second-order valence-electron chi connectivity index (χ2n) is 6.11. The number of hydrogen-bond donors (Lipinski definition) is 0. The average Bonchev–Trinajstić information content (AvgIpc) is 2.69. The van der Waals surface area contributed by atoms with Gasteiger partial charge in [0.2, 0.25) is 0 Å². The van der Waals surface area contributed by atoms with E-state index in [-0.39, 0.29) is 23.5 Å². The van der Waals surface area contributed by atoms with Gasteiger partial charge >= 0.3 is 6.09 Å². The smallest absolute Gasteiger partial charge is 0.411 e. The van der Waals surface area contributed by atoms with Crippen molar-refractivity contribution < 1.29 is 19.1 Å². The number of carbonyl (C=O) groups is 3. The molecule has 0 aromatic heterocycles. The van der Waals surface area contributed by atoms with Crippen molar-refractivity contribution >= 4 is 17.7 Å². The molecular weight excluding hydrogens is 234 g/mol. The summed E-state index contributed by atoms with van der Waals surface area (Å²) in [5.41, 5.74) is -0.593. The maximum atomic E-state index is 12.1. The zero-order valence-electron chi connectivity index (χ0n) is 11.2. The predicted molar refractivity (Wildman–Crippen MR) is 64.1 cm³/mol. The third-order valence-corrected chi connectivity index (χ3v) is 3.47. The van der Waals surface area contributed by atoms with Crippen LogP contribution in [0.25, 0.3) is 0 Å². The molecule has 5 heteroatoms. The lowest BCUT2D eigenvalue weighted by Gasteiger charge is -2.34. The fraction of sp³-hybridized carbons (Fsp3) is 0.769. The van der Waals surface area contributed by atoms with E-state index in [0.29, 0.717) is 12.8 Å². The molecule has 5 nitrogen and oxygen atoms in total. The molecule has 2 rings (SSSR count). The Balaban J connectivity index is 2.20. The second kappa shape index (κ2) is 4.07. The van der Waals surface area contributed by atoms with Crippen LogP contribution in [-0.4, -0.2) is 40.2 Å². The number of Topliss-reactive ketones (excluding diaryl/α,β-unsaturated/α-hetero) is 2. The molecule has 1 amide bonds. The number of hydrogen-bond acceptors (Lipinski definition) is 4. The Morgan fingerprint density at radius 1 is 1.33 bits per heavy atom. The summed E-state index contributed by atoms with van der Waals surface area (Å²) in [6.07, 6.45) is 0.471. The van der Waals surface area contributed by atoms with Gasteiger partial charge in [-0.15, -0.1) is 0 Å². The summed E-state index contributed by atoms with van der Waals surface area (Å²) in [4.78, 5) is 36.9. The number of carbonyl (C=O) groups excluding carboxylic acids is 3. The van der Waals surface area contributed by atoms with Crippen LogP contribution < -0.4 is 0 Å². The van der Waals surface area contributed by atoms with Gasteiger partial charge in [0, 0.05) is 18.4 Å². The molecule has 1 aliphatic carbocycles. The molecule has 1 saturated carbocycles. The Hall–Kier alpha value is -1.39. The van der Waals surface area contributed by atoms with Gasteiger partial charge in [-0.2, -0.15) is 0 Å². The molecule has 3 atom stereocenters. The SMILES string of the molecule is CC(=O)[C@@H]1[C@@H]2C[C@@H](CC2=O)N1C(=O)OC(C)(C)C. The largest absolute Gasteiger partial charge is 0.444 e. The molecule has 100 valence electrons. The minimum absolute atomic E-state index is 0.0972. The molecule has 2 aliphatic rings. The first-order valence-corrected chi connectivity index (χ1v) is 6.25. The van der Waals surface area contributed by atoms with Crippen LogP contribution in [0, 0.1) is 5.92 Å². The highest BCUT2D eigenvalue weighted by molar-refractivity contribution is 5.97. The minimum Gasteiger partial charge on any atom is -0.444 e. The van der Waals surface area contributed by atoms with Crippen LogP contribution in [0.15, 0.2) is 0 Å². The standard InChI is InChI=1S/C13H19NO4/c1-7(15)11-9-5-8(6-10(9)16)14(11)12(17)18-13(2,3)4/h8-9,11H,5-6H2,1-4H3/t8-,9+,11+/m0/s1. The lowest BCUT2D eigenvalue weighted by molar-refractivity contribution is -0.132. The van der Waals surface area contributed by atoms with Crippen LogP contribution in [-0.2, 0) is 14.3 Å². The van der Waals surface area contributed by atoms with E-state index in [4.69, 9.17) is 4.74 Å². The van der Waals surface area contributed by atoms with Crippen LogP contribution in [0.3, 0.4) is 0 Å². The lowest BCUT2D eigenvalue weighted by Crippen LogP contribution is -2.52. The van der Waals surface area contributed by atoms with Crippen LogP contribution in [0.4, 0.5) is 4.79 Å². The van der Waals surface area contributed by atoms with Gasteiger partial charge in [-0.05, 0) is 34.1 Å². The van der Waals surface area contributed by atoms with Gasteiger partial charge in [0.1, 0.15) is 17.4 Å². The van der Waals surface area contributed by atoms with Crippen molar-refractivity contribution in [1.29, 1.82) is 0 Å². The Bertz CT molecular complexity index is 410. The molecule has 2 fully saturated rings. The predicted octanol–water partition coefficient (Wildman–Crippen LogP) is 1.54. The summed E-state index contributed by atoms with van der Waals surface area (Å²) >= 11 is 0. The van der Waals surface area contributed by atoms with Gasteiger partial charge in [-0.1, -0.05) is 0 Å². The van der Waals surface area contributed by atoms with Gasteiger partial charge in [-0.3, -0.25) is 14.5 Å². The fourth-order valence-corrected chi connectivity index (χ4v) is 2.89. The van der Waals surface area contributed by atoms with Crippen molar-refractivity contribution in [3.63, 3.8) is 0 Å². The average molecular weight is 253 g/mol. The highest BCUT2D eigenvalue weighted by Crippen LogP contribution is 2.41. The van der Waals surface area contributed by atoms with Crippen LogP contribution >= 0.6 is 0 Å². The molecule has 1 heterocycles. The van der Waals surface area contributed by atoms with Crippen molar-refractivity contribution in [2.75, 3.05) is 0 Å². The van der Waals surface area contributed by atoms with Crippen LogP contribution in [0.1, 0.15) is 40.5 Å². The van der Waals surface area contributed by atoms with E-state index in [9.17, 15) is 14.4 Å². The summed E-state index contributed by atoms with van der Waals surface area (Å²) in [6, 6.07) is -0.780. The molecule has 0 aromatic rings. The van der Waals surface area contributed by atoms with E-state index in [1.54, 1.807) is 20.8 Å².